The van der Waals surface area contributed by atoms with Crippen LogP contribution in [-0.2, 0) is 19.3 Å². The van der Waals surface area contributed by atoms with Gasteiger partial charge in [-0.05, 0) is 19.3 Å². The van der Waals surface area contributed by atoms with E-state index in [1.54, 1.807) is 0 Å². The van der Waals surface area contributed by atoms with Crippen LogP contribution in [0.15, 0.2) is 0 Å². The Morgan fingerprint density at radius 3 is 1.48 bits per heavy atom. The van der Waals surface area contributed by atoms with Gasteiger partial charge in [0.25, 0.3) is 0 Å². The van der Waals surface area contributed by atoms with E-state index in [2.05, 4.69) is 4.18 Å². The summed E-state index contributed by atoms with van der Waals surface area (Å²) in [5.41, 5.74) is 0. The van der Waals surface area contributed by atoms with Gasteiger partial charge < -0.3 is 9.29 Å². The summed E-state index contributed by atoms with van der Waals surface area (Å²) in [6.07, 6.45) is 18.3. The van der Waals surface area contributed by atoms with Crippen LogP contribution in [0.3, 0.4) is 0 Å². The molecule has 0 spiro atoms. The summed E-state index contributed by atoms with van der Waals surface area (Å²) in [5.74, 6) is 0. The van der Waals surface area contributed by atoms with Gasteiger partial charge in [0, 0.05) is 13.2 Å². The SMILES string of the molecule is C1CCCCCCCOCCCCCC1.CCCCOS(=O)(=O)[O-].[Na+]. The van der Waals surface area contributed by atoms with Gasteiger partial charge in [0.05, 0.1) is 6.61 Å². The Bertz CT molecular complexity index is 291. The van der Waals surface area contributed by atoms with Gasteiger partial charge in [-0.25, -0.2) is 8.42 Å². The molecular formula is C18H37NaO5S. The number of hydrogen-bond acceptors (Lipinski definition) is 5. The van der Waals surface area contributed by atoms with Crippen molar-refractivity contribution in [3.05, 3.63) is 0 Å². The molecule has 0 aliphatic carbocycles. The third-order valence-corrected chi connectivity index (χ3v) is 4.51. The minimum Gasteiger partial charge on any atom is -0.726 e. The fraction of sp³-hybridized carbons (Fsp3) is 1.00. The standard InChI is InChI=1S/C14H28O.C4H10O4S.Na/c1-2-4-6-8-10-12-14-15-13-11-9-7-5-3-1;1-2-3-4-8-9(5,6)7;/h1-14H2;2-4H2,1H3,(H,5,6,7);/q;;+1/p-1. The molecule has 1 aliphatic rings. The molecule has 0 atom stereocenters. The van der Waals surface area contributed by atoms with Gasteiger partial charge in [0.1, 0.15) is 0 Å². The molecule has 5 nitrogen and oxygen atoms in total. The first-order chi connectivity index (χ1) is 11.6. The summed E-state index contributed by atoms with van der Waals surface area (Å²) < 4.78 is 38.7. The van der Waals surface area contributed by atoms with Crippen molar-refractivity contribution in [2.45, 2.75) is 96.8 Å². The van der Waals surface area contributed by atoms with E-state index in [-0.39, 0.29) is 36.2 Å². The minimum atomic E-state index is -4.45. The van der Waals surface area contributed by atoms with E-state index in [0.29, 0.717) is 6.42 Å². The molecule has 0 aromatic heterocycles. The molecule has 1 heterocycles. The van der Waals surface area contributed by atoms with Gasteiger partial charge in [0.2, 0.25) is 10.4 Å². The Kier molecular flexibility index (Phi) is 23.7. The maximum Gasteiger partial charge on any atom is 1.00 e. The zero-order chi connectivity index (χ0) is 17.9. The number of hydrogen-bond donors (Lipinski definition) is 0. The van der Waals surface area contributed by atoms with Crippen molar-refractivity contribution in [1.29, 1.82) is 0 Å². The summed E-state index contributed by atoms with van der Waals surface area (Å²) >= 11 is 0. The van der Waals surface area contributed by atoms with Gasteiger partial charge in [-0.15, -0.1) is 0 Å². The topological polar surface area (TPSA) is 75.7 Å². The van der Waals surface area contributed by atoms with Crippen LogP contribution in [0.5, 0.6) is 0 Å². The smallest absolute Gasteiger partial charge is 0.726 e. The van der Waals surface area contributed by atoms with Crippen LogP contribution in [0.2, 0.25) is 0 Å². The Morgan fingerprint density at radius 2 is 1.16 bits per heavy atom. The maximum atomic E-state index is 9.73. The molecule has 0 amide bonds. The van der Waals surface area contributed by atoms with Crippen molar-refractivity contribution >= 4 is 10.4 Å². The van der Waals surface area contributed by atoms with Crippen LogP contribution in [-0.4, -0.2) is 32.8 Å². The second-order valence-electron chi connectivity index (χ2n) is 6.44. The molecule has 25 heavy (non-hydrogen) atoms. The molecule has 146 valence electrons. The molecule has 0 unspecified atom stereocenters. The molecular weight excluding hydrogens is 351 g/mol. The molecule has 0 aromatic rings. The normalized spacial score (nSPS) is 18.6. The number of unbranched alkanes of at least 4 members (excludes halogenated alkanes) is 1. The first-order valence-corrected chi connectivity index (χ1v) is 11.1. The molecule has 0 bridgehead atoms. The molecule has 0 N–H and O–H groups in total. The largest absolute Gasteiger partial charge is 1.00 e. The number of rotatable bonds is 4. The third kappa shape index (κ3) is 27.2. The molecule has 0 aromatic carbocycles. The maximum absolute atomic E-state index is 9.73. The summed E-state index contributed by atoms with van der Waals surface area (Å²) in [6, 6.07) is 0. The van der Waals surface area contributed by atoms with E-state index >= 15 is 0 Å². The third-order valence-electron chi connectivity index (χ3n) is 4.05. The predicted octanol–water partition coefficient (Wildman–Crippen LogP) is 1.97. The van der Waals surface area contributed by atoms with Crippen LogP contribution < -0.4 is 29.6 Å². The minimum absolute atomic E-state index is 0. The monoisotopic (exact) mass is 388 g/mol. The van der Waals surface area contributed by atoms with E-state index < -0.39 is 10.4 Å². The van der Waals surface area contributed by atoms with Crippen LogP contribution in [0.4, 0.5) is 0 Å². The summed E-state index contributed by atoms with van der Waals surface area (Å²) in [6.45, 7) is 3.88. The van der Waals surface area contributed by atoms with Crippen molar-refractivity contribution in [3.8, 4) is 0 Å². The molecule has 1 fully saturated rings. The van der Waals surface area contributed by atoms with Gasteiger partial charge in [-0.2, -0.15) is 0 Å². The van der Waals surface area contributed by atoms with E-state index in [0.717, 1.165) is 19.6 Å². The van der Waals surface area contributed by atoms with Gasteiger partial charge >= 0.3 is 29.6 Å². The molecule has 0 radical (unpaired) electrons. The van der Waals surface area contributed by atoms with E-state index in [9.17, 15) is 13.0 Å². The van der Waals surface area contributed by atoms with Crippen molar-refractivity contribution in [1.82, 2.24) is 0 Å². The number of ether oxygens (including phenoxy) is 1. The predicted molar refractivity (Wildman–Crippen MR) is 96.8 cm³/mol. The zero-order valence-electron chi connectivity index (χ0n) is 16.5. The molecule has 1 aliphatic heterocycles. The first-order valence-electron chi connectivity index (χ1n) is 9.74. The average Bonchev–Trinajstić information content (AvgIpc) is 2.53. The molecule has 7 heteroatoms. The summed E-state index contributed by atoms with van der Waals surface area (Å²) in [7, 11) is -4.45. The van der Waals surface area contributed by atoms with Crippen molar-refractivity contribution in [2.75, 3.05) is 19.8 Å². The second-order valence-corrected chi connectivity index (χ2v) is 7.49. The quantitative estimate of drug-likeness (QED) is 0.318. The Morgan fingerprint density at radius 1 is 0.800 bits per heavy atom. The van der Waals surface area contributed by atoms with Gasteiger partial charge in [0.15, 0.2) is 0 Å². The Hall–Kier alpha value is 0.830. The van der Waals surface area contributed by atoms with Crippen LogP contribution in [0.1, 0.15) is 96.8 Å². The Balaban J connectivity index is 0. The fourth-order valence-electron chi connectivity index (χ4n) is 2.58. The van der Waals surface area contributed by atoms with Crippen LogP contribution >= 0.6 is 0 Å². The van der Waals surface area contributed by atoms with Gasteiger partial charge in [-0.1, -0.05) is 77.6 Å². The Labute approximate surface area is 177 Å². The van der Waals surface area contributed by atoms with E-state index in [1.165, 1.54) is 77.0 Å². The van der Waals surface area contributed by atoms with Crippen LogP contribution in [0.25, 0.3) is 0 Å². The zero-order valence-corrected chi connectivity index (χ0v) is 19.3. The summed E-state index contributed by atoms with van der Waals surface area (Å²) in [4.78, 5) is 0. The van der Waals surface area contributed by atoms with Crippen LogP contribution in [0, 0.1) is 0 Å². The first kappa shape index (κ1) is 28.0. The van der Waals surface area contributed by atoms with E-state index in [1.807, 2.05) is 6.92 Å². The molecule has 1 saturated heterocycles. The van der Waals surface area contributed by atoms with Gasteiger partial charge in [-0.3, -0.25) is 4.18 Å². The molecule has 0 saturated carbocycles. The summed E-state index contributed by atoms with van der Waals surface area (Å²) in [5, 5.41) is 0. The second kappa shape index (κ2) is 21.1. The molecule has 1 rings (SSSR count). The van der Waals surface area contributed by atoms with Crippen molar-refractivity contribution < 1.29 is 51.4 Å². The van der Waals surface area contributed by atoms with E-state index in [4.69, 9.17) is 4.74 Å². The van der Waals surface area contributed by atoms with Crippen molar-refractivity contribution in [3.63, 3.8) is 0 Å². The average molecular weight is 389 g/mol. The fourth-order valence-corrected chi connectivity index (χ4v) is 2.91. The van der Waals surface area contributed by atoms with Crippen molar-refractivity contribution in [2.24, 2.45) is 0 Å².